The van der Waals surface area contributed by atoms with Gasteiger partial charge in [-0.3, -0.25) is 4.79 Å². The van der Waals surface area contributed by atoms with E-state index in [9.17, 15) is 9.18 Å². The number of likely N-dealkylation sites (N-methyl/N-ethyl adjacent to an activating group) is 1. The minimum absolute atomic E-state index is 0.00843. The van der Waals surface area contributed by atoms with Crippen molar-refractivity contribution in [2.24, 2.45) is 5.92 Å². The molecule has 1 N–H and O–H groups in total. The van der Waals surface area contributed by atoms with E-state index >= 15 is 0 Å². The minimum atomic E-state index is -0.262. The molecule has 3 rings (SSSR count). The Bertz CT molecular complexity index is 640. The lowest BCUT2D eigenvalue weighted by atomic mass is 9.81. The molecule has 1 amide bonds. The Morgan fingerprint density at radius 2 is 1.96 bits per heavy atom. The zero-order valence-corrected chi connectivity index (χ0v) is 16.7. The summed E-state index contributed by atoms with van der Waals surface area (Å²) in [6.07, 6.45) is 1.77. The molecule has 27 heavy (non-hydrogen) atoms. The number of ether oxygens (including phenoxy) is 1. The van der Waals surface area contributed by atoms with Crippen LogP contribution in [-0.4, -0.2) is 56.2 Å². The highest BCUT2D eigenvalue weighted by molar-refractivity contribution is 5.80. The molecule has 1 saturated carbocycles. The zero-order chi connectivity index (χ0) is 19.4. The normalized spacial score (nSPS) is 24.4. The van der Waals surface area contributed by atoms with E-state index in [4.69, 9.17) is 4.74 Å². The number of rotatable bonds is 7. The average molecular weight is 378 g/mol. The Morgan fingerprint density at radius 3 is 2.59 bits per heavy atom. The van der Waals surface area contributed by atoms with Gasteiger partial charge in [0.2, 0.25) is 5.91 Å². The van der Waals surface area contributed by atoms with Gasteiger partial charge < -0.3 is 19.9 Å². The maximum atomic E-state index is 13.9. The van der Waals surface area contributed by atoms with Gasteiger partial charge in [-0.05, 0) is 51.4 Å². The van der Waals surface area contributed by atoms with E-state index in [-0.39, 0.29) is 29.8 Å². The number of nitrogens with one attached hydrogen (secondary N) is 1. The Hall–Kier alpha value is -1.66. The van der Waals surface area contributed by atoms with Crippen LogP contribution in [0.2, 0.25) is 0 Å². The summed E-state index contributed by atoms with van der Waals surface area (Å²) in [7, 11) is 0. The summed E-state index contributed by atoms with van der Waals surface area (Å²) in [5.74, 6) is -0.208. The number of anilines is 1. The van der Waals surface area contributed by atoms with Crippen LogP contribution in [-0.2, 0) is 9.53 Å². The molecule has 1 heterocycles. The molecule has 150 valence electrons. The second kappa shape index (κ2) is 9.02. The molecule has 5 nitrogen and oxygen atoms in total. The van der Waals surface area contributed by atoms with Crippen molar-refractivity contribution in [3.8, 4) is 0 Å². The van der Waals surface area contributed by atoms with Gasteiger partial charge in [0.15, 0.2) is 0 Å². The monoisotopic (exact) mass is 377 g/mol. The van der Waals surface area contributed by atoms with E-state index < -0.39 is 0 Å². The quantitative estimate of drug-likeness (QED) is 0.794. The number of nitrogens with zero attached hydrogens (tertiary/aromatic N) is 2. The first-order valence-electron chi connectivity index (χ1n) is 10.2. The largest absolute Gasteiger partial charge is 0.378 e. The third-order valence-electron chi connectivity index (χ3n) is 5.84. The predicted molar refractivity (Wildman–Crippen MR) is 105 cm³/mol. The smallest absolute Gasteiger partial charge is 0.223 e. The summed E-state index contributed by atoms with van der Waals surface area (Å²) >= 11 is 0. The lowest BCUT2D eigenvalue weighted by Gasteiger charge is -2.38. The lowest BCUT2D eigenvalue weighted by Crippen LogP contribution is -2.47. The van der Waals surface area contributed by atoms with Crippen LogP contribution in [0.25, 0.3) is 0 Å². The van der Waals surface area contributed by atoms with Gasteiger partial charge in [0.25, 0.3) is 0 Å². The second-order valence-corrected chi connectivity index (χ2v) is 7.60. The van der Waals surface area contributed by atoms with Crippen LogP contribution in [0.3, 0.4) is 0 Å². The van der Waals surface area contributed by atoms with Crippen molar-refractivity contribution in [2.45, 2.75) is 45.8 Å². The number of halogens is 1. The Kier molecular flexibility index (Phi) is 6.71. The van der Waals surface area contributed by atoms with Crippen LogP contribution in [0.5, 0.6) is 0 Å². The minimum Gasteiger partial charge on any atom is -0.378 e. The predicted octanol–water partition coefficient (Wildman–Crippen LogP) is 2.96. The van der Waals surface area contributed by atoms with E-state index in [1.807, 2.05) is 19.9 Å². The van der Waals surface area contributed by atoms with Gasteiger partial charge in [0.1, 0.15) is 5.82 Å². The van der Waals surface area contributed by atoms with Gasteiger partial charge in [-0.2, -0.15) is 0 Å². The molecule has 0 spiro atoms. The molecule has 1 aromatic carbocycles. The van der Waals surface area contributed by atoms with E-state index in [0.29, 0.717) is 6.61 Å². The second-order valence-electron chi connectivity index (χ2n) is 7.60. The highest BCUT2D eigenvalue weighted by Crippen LogP contribution is 2.32. The molecule has 0 aromatic heterocycles. The van der Waals surface area contributed by atoms with E-state index in [2.05, 4.69) is 22.0 Å². The number of hydrogen-bond donors (Lipinski definition) is 1. The molecule has 6 heteroatoms. The molecule has 1 aromatic rings. The molecule has 0 radical (unpaired) electrons. The molecule has 2 fully saturated rings. The van der Waals surface area contributed by atoms with Crippen molar-refractivity contribution in [3.05, 3.63) is 29.6 Å². The molecule has 1 atom stereocenters. The van der Waals surface area contributed by atoms with Gasteiger partial charge in [-0.15, -0.1) is 0 Å². The Balaban J connectivity index is 1.65. The van der Waals surface area contributed by atoms with Crippen LogP contribution >= 0.6 is 0 Å². The fourth-order valence-corrected chi connectivity index (χ4v) is 4.03. The fraction of sp³-hybridized carbons (Fsp3) is 0.667. The van der Waals surface area contributed by atoms with Crippen molar-refractivity contribution in [2.75, 3.05) is 44.2 Å². The summed E-state index contributed by atoms with van der Waals surface area (Å²) in [5, 5.41) is 3.09. The van der Waals surface area contributed by atoms with Crippen LogP contribution < -0.4 is 10.2 Å². The summed E-state index contributed by atoms with van der Waals surface area (Å²) in [5.41, 5.74) is 1.88. The molecule has 1 unspecified atom stereocenters. The number of hydrogen-bond acceptors (Lipinski definition) is 4. The van der Waals surface area contributed by atoms with Crippen molar-refractivity contribution in [1.82, 2.24) is 10.2 Å². The maximum absolute atomic E-state index is 13.9. The van der Waals surface area contributed by atoms with Gasteiger partial charge in [-0.25, -0.2) is 4.39 Å². The van der Waals surface area contributed by atoms with Crippen molar-refractivity contribution in [1.29, 1.82) is 0 Å². The van der Waals surface area contributed by atoms with Crippen molar-refractivity contribution in [3.63, 3.8) is 0 Å². The number of carbonyl (C=O) groups excluding carboxylic acids is 1. The summed E-state index contributed by atoms with van der Waals surface area (Å²) in [6, 6.07) is 4.70. The molecule has 1 aliphatic carbocycles. The maximum Gasteiger partial charge on any atom is 0.223 e. The summed E-state index contributed by atoms with van der Waals surface area (Å²) < 4.78 is 19.5. The Morgan fingerprint density at radius 1 is 1.26 bits per heavy atom. The van der Waals surface area contributed by atoms with E-state index in [0.717, 1.165) is 56.8 Å². The highest BCUT2D eigenvalue weighted by atomic mass is 19.1. The number of carbonyl (C=O) groups is 1. The first kappa shape index (κ1) is 20.1. The number of piperazine rings is 1. The van der Waals surface area contributed by atoms with Crippen molar-refractivity contribution >= 4 is 11.6 Å². The zero-order valence-electron chi connectivity index (χ0n) is 16.7. The lowest BCUT2D eigenvalue weighted by molar-refractivity contribution is -0.134. The third kappa shape index (κ3) is 4.79. The summed E-state index contributed by atoms with van der Waals surface area (Å²) in [6.45, 7) is 11.7. The fourth-order valence-electron chi connectivity index (χ4n) is 4.03. The topological polar surface area (TPSA) is 44.8 Å². The standard InChI is InChI=1S/C21H32FN3O2/c1-4-24-8-10-25(11-9-24)20-7-6-17(22)14-19(20)15(3)23-21(26)16-12-18(13-16)27-5-2/h6-7,14-16,18H,4-5,8-13H2,1-3H3,(H,23,26). The first-order valence-corrected chi connectivity index (χ1v) is 10.2. The molecule has 1 aliphatic heterocycles. The molecule has 0 bridgehead atoms. The number of benzene rings is 1. The van der Waals surface area contributed by atoms with Gasteiger partial charge >= 0.3 is 0 Å². The van der Waals surface area contributed by atoms with Gasteiger partial charge in [0, 0.05) is 50.0 Å². The molecule has 2 aliphatic rings. The summed E-state index contributed by atoms with van der Waals surface area (Å²) in [4.78, 5) is 17.2. The highest BCUT2D eigenvalue weighted by Gasteiger charge is 2.35. The first-order chi connectivity index (χ1) is 13.0. The molecule has 1 saturated heterocycles. The molecular formula is C21H32FN3O2. The average Bonchev–Trinajstić information content (AvgIpc) is 2.64. The SMILES string of the molecule is CCOC1CC(C(=O)NC(C)c2cc(F)ccc2N2CCN(CC)CC2)C1. The van der Waals surface area contributed by atoms with Crippen LogP contribution in [0.4, 0.5) is 10.1 Å². The van der Waals surface area contributed by atoms with Crippen LogP contribution in [0, 0.1) is 11.7 Å². The molecular weight excluding hydrogens is 345 g/mol. The van der Waals surface area contributed by atoms with E-state index in [1.54, 1.807) is 6.07 Å². The van der Waals surface area contributed by atoms with Crippen LogP contribution in [0.15, 0.2) is 18.2 Å². The number of amides is 1. The Labute approximate surface area is 161 Å². The van der Waals surface area contributed by atoms with E-state index in [1.165, 1.54) is 6.07 Å². The third-order valence-corrected chi connectivity index (χ3v) is 5.84. The van der Waals surface area contributed by atoms with Crippen molar-refractivity contribution < 1.29 is 13.9 Å². The van der Waals surface area contributed by atoms with Crippen LogP contribution in [0.1, 0.15) is 45.2 Å². The van der Waals surface area contributed by atoms with Gasteiger partial charge in [0.05, 0.1) is 12.1 Å². The van der Waals surface area contributed by atoms with Gasteiger partial charge in [-0.1, -0.05) is 6.92 Å².